The van der Waals surface area contributed by atoms with Gasteiger partial charge in [-0.1, -0.05) is 0 Å². The zero-order valence-electron chi connectivity index (χ0n) is 20.7. The van der Waals surface area contributed by atoms with E-state index in [0.717, 1.165) is 50.4 Å². The van der Waals surface area contributed by atoms with Crippen molar-refractivity contribution < 1.29 is 23.8 Å². The van der Waals surface area contributed by atoms with Gasteiger partial charge in [-0.3, -0.25) is 14.6 Å². The Morgan fingerprint density at radius 1 is 1.17 bits per heavy atom. The van der Waals surface area contributed by atoms with Crippen LogP contribution in [-0.4, -0.2) is 79.0 Å². The maximum atomic E-state index is 13.6. The number of benzene rings is 1. The maximum absolute atomic E-state index is 13.6. The Labute approximate surface area is 214 Å². The average Bonchev–Trinajstić information content (AvgIpc) is 3.51. The Hall–Kier alpha value is -2.56. The molecule has 4 heterocycles. The number of hydrogen-bond donors (Lipinski definition) is 2. The van der Waals surface area contributed by atoms with Crippen LogP contribution in [0.2, 0.25) is 0 Å². The van der Waals surface area contributed by atoms with Gasteiger partial charge in [0.1, 0.15) is 17.2 Å². The number of fused-ring (bicyclic) bond motifs is 1. The van der Waals surface area contributed by atoms with Crippen LogP contribution in [0, 0.1) is 5.82 Å². The molecule has 0 saturated carbocycles. The van der Waals surface area contributed by atoms with Crippen LogP contribution < -0.4 is 5.32 Å². The molecule has 0 aliphatic carbocycles. The van der Waals surface area contributed by atoms with Gasteiger partial charge in [-0.2, -0.15) is 0 Å². The number of carbonyl (C=O) groups excluding carboxylic acids is 1. The van der Waals surface area contributed by atoms with E-state index >= 15 is 0 Å². The van der Waals surface area contributed by atoms with Crippen LogP contribution in [0.25, 0.3) is 11.1 Å². The van der Waals surface area contributed by atoms with Crippen LogP contribution in [-0.2, 0) is 20.8 Å². The number of carbonyl (C=O) groups is 1. The number of allylic oxidation sites excluding steroid dienone is 1. The van der Waals surface area contributed by atoms with Crippen molar-refractivity contribution in [3.63, 3.8) is 0 Å². The number of rotatable bonds is 8. The molecule has 7 nitrogen and oxygen atoms in total. The van der Waals surface area contributed by atoms with E-state index in [1.807, 2.05) is 19.9 Å². The molecule has 1 saturated heterocycles. The highest BCUT2D eigenvalue weighted by Gasteiger charge is 2.38. The molecular weight excluding hydrogens is 481 g/mol. The summed E-state index contributed by atoms with van der Waals surface area (Å²) < 4.78 is 25.3. The minimum absolute atomic E-state index is 0.0695. The number of nitrogens with one attached hydrogen (secondary N) is 1. The summed E-state index contributed by atoms with van der Waals surface area (Å²) >= 11 is 1.74. The molecule has 2 aromatic rings. The summed E-state index contributed by atoms with van der Waals surface area (Å²) in [5.74, 6) is -0.141. The number of piperazine rings is 1. The van der Waals surface area contributed by atoms with Gasteiger partial charge in [-0.25, -0.2) is 4.39 Å². The number of aliphatic hydroxyl groups is 1. The zero-order chi connectivity index (χ0) is 25.3. The molecule has 1 aromatic carbocycles. The quantitative estimate of drug-likeness (QED) is 0.415. The molecule has 36 heavy (non-hydrogen) atoms. The van der Waals surface area contributed by atoms with Gasteiger partial charge in [-0.15, -0.1) is 11.3 Å². The standard InChI is InChI=1S/C27H32FN3O4S/c1-27(2)22(15-24(35-27)25-21-4-3-19(28)14-23(21)29-26(25)33)18-13-20(36-17-18)16-31-7-5-30(6-8-31)9-11-34-12-10-32/h3-4,13-15,17,32H,5-12,16H2,1-2H3,(H,29,33). The molecule has 0 spiro atoms. The molecule has 1 fully saturated rings. The minimum Gasteiger partial charge on any atom is -0.482 e. The third-order valence-corrected chi connectivity index (χ3v) is 7.78. The predicted molar refractivity (Wildman–Crippen MR) is 139 cm³/mol. The van der Waals surface area contributed by atoms with E-state index in [-0.39, 0.29) is 18.3 Å². The lowest BCUT2D eigenvalue weighted by Gasteiger charge is -2.34. The summed E-state index contributed by atoms with van der Waals surface area (Å²) in [5, 5.41) is 13.7. The molecule has 0 bridgehead atoms. The van der Waals surface area contributed by atoms with E-state index in [4.69, 9.17) is 14.6 Å². The number of nitrogens with zero attached hydrogens (tertiary/aromatic N) is 2. The summed E-state index contributed by atoms with van der Waals surface area (Å²) in [4.78, 5) is 18.9. The van der Waals surface area contributed by atoms with Gasteiger partial charge in [0.15, 0.2) is 0 Å². The number of thiophene rings is 1. The Kier molecular flexibility index (Phi) is 7.28. The molecule has 3 aliphatic rings. The van der Waals surface area contributed by atoms with Crippen LogP contribution in [0.5, 0.6) is 0 Å². The van der Waals surface area contributed by atoms with E-state index in [1.54, 1.807) is 17.4 Å². The zero-order valence-corrected chi connectivity index (χ0v) is 21.5. The first kappa shape index (κ1) is 25.1. The Bertz CT molecular complexity index is 1200. The largest absolute Gasteiger partial charge is 0.482 e. The number of halogens is 1. The van der Waals surface area contributed by atoms with E-state index in [9.17, 15) is 9.18 Å². The van der Waals surface area contributed by atoms with E-state index in [1.165, 1.54) is 17.0 Å². The lowest BCUT2D eigenvalue weighted by molar-refractivity contribution is -0.111. The monoisotopic (exact) mass is 513 g/mol. The van der Waals surface area contributed by atoms with Crippen molar-refractivity contribution in [3.05, 3.63) is 63.3 Å². The van der Waals surface area contributed by atoms with Crippen molar-refractivity contribution in [3.8, 4) is 0 Å². The van der Waals surface area contributed by atoms with Crippen molar-refractivity contribution >= 4 is 34.1 Å². The van der Waals surface area contributed by atoms with Crippen LogP contribution >= 0.6 is 11.3 Å². The van der Waals surface area contributed by atoms with Crippen molar-refractivity contribution in [1.29, 1.82) is 0 Å². The molecule has 5 rings (SSSR count). The number of anilines is 1. The van der Waals surface area contributed by atoms with Gasteiger partial charge < -0.3 is 19.9 Å². The van der Waals surface area contributed by atoms with Gasteiger partial charge in [0.25, 0.3) is 5.91 Å². The first-order chi connectivity index (χ1) is 17.3. The van der Waals surface area contributed by atoms with E-state index < -0.39 is 5.60 Å². The highest BCUT2D eigenvalue weighted by molar-refractivity contribution is 7.10. The fraction of sp³-hybridized carbons (Fsp3) is 0.444. The molecule has 1 amide bonds. The fourth-order valence-corrected chi connectivity index (χ4v) is 5.89. The Morgan fingerprint density at radius 2 is 1.94 bits per heavy atom. The topological polar surface area (TPSA) is 74.3 Å². The highest BCUT2D eigenvalue weighted by atomic mass is 32.1. The Morgan fingerprint density at radius 3 is 2.72 bits per heavy atom. The van der Waals surface area contributed by atoms with Crippen molar-refractivity contribution in [2.24, 2.45) is 0 Å². The molecule has 1 aromatic heterocycles. The number of hydrogen-bond acceptors (Lipinski definition) is 7. The average molecular weight is 514 g/mol. The van der Waals surface area contributed by atoms with Crippen LogP contribution in [0.3, 0.4) is 0 Å². The van der Waals surface area contributed by atoms with E-state index in [2.05, 4.69) is 26.6 Å². The first-order valence-electron chi connectivity index (χ1n) is 12.3. The molecule has 0 atom stereocenters. The summed E-state index contributed by atoms with van der Waals surface area (Å²) in [5.41, 5.74) is 3.13. The van der Waals surface area contributed by atoms with Crippen molar-refractivity contribution in [1.82, 2.24) is 9.80 Å². The molecular formula is C27H32FN3O4S. The lowest BCUT2D eigenvalue weighted by atomic mass is 9.94. The third-order valence-electron chi connectivity index (χ3n) is 6.86. The molecule has 0 radical (unpaired) electrons. The normalized spacial score (nSPS) is 21.9. The fourth-order valence-electron chi connectivity index (χ4n) is 4.96. The molecule has 9 heteroatoms. The van der Waals surface area contributed by atoms with Crippen LogP contribution in [0.15, 0.2) is 41.5 Å². The second-order valence-electron chi connectivity index (χ2n) is 9.81. The summed E-state index contributed by atoms with van der Waals surface area (Å²) in [7, 11) is 0. The number of amides is 1. The van der Waals surface area contributed by atoms with E-state index in [0.29, 0.717) is 35.8 Å². The number of ether oxygens (including phenoxy) is 2. The Balaban J connectivity index is 1.26. The predicted octanol–water partition coefficient (Wildman–Crippen LogP) is 3.57. The van der Waals surface area contributed by atoms with Crippen molar-refractivity contribution in [2.45, 2.75) is 26.0 Å². The third kappa shape index (κ3) is 5.26. The summed E-state index contributed by atoms with van der Waals surface area (Å²) in [6.45, 7) is 11.0. The smallest absolute Gasteiger partial charge is 0.260 e. The summed E-state index contributed by atoms with van der Waals surface area (Å²) in [6, 6.07) is 6.54. The minimum atomic E-state index is -0.590. The van der Waals surface area contributed by atoms with Gasteiger partial charge in [0.05, 0.1) is 31.1 Å². The number of aliphatic hydroxyl groups excluding tert-OH is 1. The second-order valence-corrected chi connectivity index (χ2v) is 10.8. The van der Waals surface area contributed by atoms with Gasteiger partial charge >= 0.3 is 0 Å². The van der Waals surface area contributed by atoms with Gasteiger partial charge in [0.2, 0.25) is 0 Å². The van der Waals surface area contributed by atoms with Gasteiger partial charge in [0, 0.05) is 55.3 Å². The van der Waals surface area contributed by atoms with Crippen LogP contribution in [0.4, 0.5) is 10.1 Å². The van der Waals surface area contributed by atoms with Crippen LogP contribution in [0.1, 0.15) is 29.9 Å². The van der Waals surface area contributed by atoms with Crippen molar-refractivity contribution in [2.75, 3.05) is 57.9 Å². The highest BCUT2D eigenvalue weighted by Crippen LogP contribution is 2.45. The molecule has 3 aliphatic heterocycles. The molecule has 2 N–H and O–H groups in total. The molecule has 0 unspecified atom stereocenters. The molecule has 192 valence electrons. The maximum Gasteiger partial charge on any atom is 0.260 e. The second kappa shape index (κ2) is 10.4. The lowest BCUT2D eigenvalue weighted by Crippen LogP contribution is -2.46. The van der Waals surface area contributed by atoms with Gasteiger partial charge in [-0.05, 0) is 55.1 Å². The SMILES string of the molecule is CC1(C)OC(=C2C(=O)Nc3cc(F)ccc32)C=C1c1csc(CN2CCN(CCOCCO)CC2)c1. The summed E-state index contributed by atoms with van der Waals surface area (Å²) in [6.07, 6.45) is 1.96. The first-order valence-corrected chi connectivity index (χ1v) is 13.2.